The van der Waals surface area contributed by atoms with Gasteiger partial charge in [0.15, 0.2) is 0 Å². The number of hydrogen-bond donors (Lipinski definition) is 3. The zero-order valence-electron chi connectivity index (χ0n) is 13.3. The van der Waals surface area contributed by atoms with Crippen molar-refractivity contribution >= 4 is 17.5 Å². The number of halogens is 1. The predicted molar refractivity (Wildman–Crippen MR) is 88.8 cm³/mol. The van der Waals surface area contributed by atoms with E-state index in [0.717, 1.165) is 5.56 Å². The number of amides is 2. The first-order chi connectivity index (χ1) is 11.5. The Morgan fingerprint density at radius 3 is 2.50 bits per heavy atom. The summed E-state index contributed by atoms with van der Waals surface area (Å²) in [7, 11) is 0. The number of nitrogens with one attached hydrogen (secondary N) is 2. The van der Waals surface area contributed by atoms with Crippen molar-refractivity contribution in [3.8, 4) is 0 Å². The number of carbonyl (C=O) groups is 2. The Kier molecular flexibility index (Phi) is 6.03. The highest BCUT2D eigenvalue weighted by molar-refractivity contribution is 6.39. The second-order valence-electron chi connectivity index (χ2n) is 5.39. The zero-order chi connectivity index (χ0) is 17.5. The Morgan fingerprint density at radius 1 is 1.12 bits per heavy atom. The molecule has 0 aliphatic rings. The summed E-state index contributed by atoms with van der Waals surface area (Å²) in [5.74, 6) is -2.03. The molecule has 5 nitrogen and oxygen atoms in total. The number of anilines is 1. The van der Waals surface area contributed by atoms with E-state index in [9.17, 15) is 19.1 Å². The molecule has 3 N–H and O–H groups in total. The van der Waals surface area contributed by atoms with Gasteiger partial charge in [-0.1, -0.05) is 30.3 Å². The van der Waals surface area contributed by atoms with E-state index in [1.54, 1.807) is 19.1 Å². The van der Waals surface area contributed by atoms with E-state index in [4.69, 9.17) is 0 Å². The van der Waals surface area contributed by atoms with E-state index in [2.05, 4.69) is 10.6 Å². The van der Waals surface area contributed by atoms with E-state index < -0.39 is 17.9 Å². The topological polar surface area (TPSA) is 78.4 Å². The summed E-state index contributed by atoms with van der Waals surface area (Å²) in [5, 5.41) is 14.8. The molecule has 24 heavy (non-hydrogen) atoms. The summed E-state index contributed by atoms with van der Waals surface area (Å²) in [6.45, 7) is 1.72. The molecule has 2 aromatic carbocycles. The van der Waals surface area contributed by atoms with Crippen LogP contribution in [0.15, 0.2) is 48.5 Å². The molecule has 1 atom stereocenters. The van der Waals surface area contributed by atoms with E-state index in [1.807, 2.05) is 18.2 Å². The lowest BCUT2D eigenvalue weighted by Gasteiger charge is -2.11. The highest BCUT2D eigenvalue weighted by Gasteiger charge is 2.15. The molecule has 0 fully saturated rings. The quantitative estimate of drug-likeness (QED) is 0.736. The molecule has 126 valence electrons. The van der Waals surface area contributed by atoms with Crippen molar-refractivity contribution in [2.24, 2.45) is 0 Å². The lowest BCUT2D eigenvalue weighted by Crippen LogP contribution is -2.36. The van der Waals surface area contributed by atoms with Gasteiger partial charge in [0.2, 0.25) is 0 Å². The third-order valence-electron chi connectivity index (χ3n) is 3.51. The second-order valence-corrected chi connectivity index (χ2v) is 5.39. The summed E-state index contributed by atoms with van der Waals surface area (Å²) >= 11 is 0. The number of hydrogen-bond acceptors (Lipinski definition) is 3. The lowest BCUT2D eigenvalue weighted by atomic mass is 10.1. The van der Waals surface area contributed by atoms with Crippen molar-refractivity contribution in [2.45, 2.75) is 19.4 Å². The van der Waals surface area contributed by atoms with Crippen LogP contribution in [0.5, 0.6) is 0 Å². The van der Waals surface area contributed by atoms with Gasteiger partial charge < -0.3 is 15.7 Å². The molecule has 0 saturated heterocycles. The molecule has 2 amide bonds. The first-order valence-corrected chi connectivity index (χ1v) is 7.55. The van der Waals surface area contributed by atoms with Crippen LogP contribution in [-0.2, 0) is 9.59 Å². The number of aliphatic hydroxyl groups excluding tert-OH is 1. The van der Waals surface area contributed by atoms with Gasteiger partial charge in [-0.25, -0.2) is 4.39 Å². The molecule has 0 radical (unpaired) electrons. The van der Waals surface area contributed by atoms with Gasteiger partial charge in [-0.05, 0) is 42.7 Å². The Balaban J connectivity index is 1.79. The van der Waals surface area contributed by atoms with E-state index in [-0.39, 0.29) is 12.4 Å². The highest BCUT2D eigenvalue weighted by atomic mass is 19.1. The van der Waals surface area contributed by atoms with Gasteiger partial charge in [0.05, 0.1) is 6.10 Å². The van der Waals surface area contributed by atoms with Gasteiger partial charge in [0, 0.05) is 12.2 Å². The van der Waals surface area contributed by atoms with E-state index in [1.165, 1.54) is 18.2 Å². The average molecular weight is 330 g/mol. The molecule has 2 rings (SSSR count). The van der Waals surface area contributed by atoms with Crippen LogP contribution in [0.1, 0.15) is 23.7 Å². The summed E-state index contributed by atoms with van der Waals surface area (Å²) in [5.41, 5.74) is 1.47. The Labute approximate surface area is 139 Å². The first kappa shape index (κ1) is 17.6. The maximum atomic E-state index is 13.2. The summed E-state index contributed by atoms with van der Waals surface area (Å²) < 4.78 is 13.2. The van der Waals surface area contributed by atoms with Crippen LogP contribution in [0.25, 0.3) is 0 Å². The summed E-state index contributed by atoms with van der Waals surface area (Å²) in [6, 6.07) is 13.1. The molecule has 0 aromatic heterocycles. The van der Waals surface area contributed by atoms with Gasteiger partial charge in [-0.2, -0.15) is 0 Å². The second kappa shape index (κ2) is 8.21. The van der Waals surface area contributed by atoms with Crippen molar-refractivity contribution in [2.75, 3.05) is 11.9 Å². The maximum Gasteiger partial charge on any atom is 0.313 e. The number of aryl methyl sites for hydroxylation is 1. The lowest BCUT2D eigenvalue weighted by molar-refractivity contribution is -0.136. The molecule has 0 aliphatic heterocycles. The van der Waals surface area contributed by atoms with Gasteiger partial charge in [0.25, 0.3) is 0 Å². The van der Waals surface area contributed by atoms with Crippen LogP contribution in [-0.4, -0.2) is 23.5 Å². The molecule has 0 bridgehead atoms. The number of rotatable bonds is 5. The average Bonchev–Trinajstić information content (AvgIpc) is 2.58. The fourth-order valence-electron chi connectivity index (χ4n) is 2.15. The van der Waals surface area contributed by atoms with Crippen LogP contribution in [0.4, 0.5) is 10.1 Å². The minimum atomic E-state index is -0.838. The molecular weight excluding hydrogens is 311 g/mol. The highest BCUT2D eigenvalue weighted by Crippen LogP contribution is 2.15. The number of carbonyl (C=O) groups excluding carboxylic acids is 2. The third kappa shape index (κ3) is 4.89. The minimum Gasteiger partial charge on any atom is -0.388 e. The molecule has 0 heterocycles. The predicted octanol–water partition coefficient (Wildman–Crippen LogP) is 2.31. The van der Waals surface area contributed by atoms with Crippen LogP contribution >= 0.6 is 0 Å². The molecule has 1 unspecified atom stereocenters. The van der Waals surface area contributed by atoms with Crippen LogP contribution < -0.4 is 10.6 Å². The van der Waals surface area contributed by atoms with Crippen molar-refractivity contribution in [1.29, 1.82) is 0 Å². The smallest absolute Gasteiger partial charge is 0.313 e. The standard InChI is InChI=1S/C18H19FN2O3/c1-12-11-14(7-8-15(12)19)21-18(24)17(23)20-10-9-16(22)13-5-3-2-4-6-13/h2-8,11,16,22H,9-10H2,1H3,(H,20,23)(H,21,24). The molecule has 2 aromatic rings. The Bertz CT molecular complexity index is 719. The molecule has 6 heteroatoms. The van der Waals surface area contributed by atoms with Crippen molar-refractivity contribution < 1.29 is 19.1 Å². The summed E-state index contributed by atoms with van der Waals surface area (Å²) in [6.07, 6.45) is -0.423. The van der Waals surface area contributed by atoms with Gasteiger partial charge in [-0.15, -0.1) is 0 Å². The van der Waals surface area contributed by atoms with Crippen molar-refractivity contribution in [3.05, 3.63) is 65.5 Å². The number of benzene rings is 2. The molecule has 0 aliphatic carbocycles. The van der Waals surface area contributed by atoms with Gasteiger partial charge in [0.1, 0.15) is 5.82 Å². The molecular formula is C18H19FN2O3. The molecule has 0 saturated carbocycles. The third-order valence-corrected chi connectivity index (χ3v) is 3.51. The van der Waals surface area contributed by atoms with E-state index in [0.29, 0.717) is 17.7 Å². The van der Waals surface area contributed by atoms with Crippen molar-refractivity contribution in [3.63, 3.8) is 0 Å². The van der Waals surface area contributed by atoms with Crippen molar-refractivity contribution in [1.82, 2.24) is 5.32 Å². The zero-order valence-corrected chi connectivity index (χ0v) is 13.3. The fourth-order valence-corrected chi connectivity index (χ4v) is 2.15. The first-order valence-electron chi connectivity index (χ1n) is 7.55. The summed E-state index contributed by atoms with van der Waals surface area (Å²) in [4.78, 5) is 23.5. The van der Waals surface area contributed by atoms with Gasteiger partial charge >= 0.3 is 11.8 Å². The van der Waals surface area contributed by atoms with Crippen LogP contribution in [0.2, 0.25) is 0 Å². The normalized spacial score (nSPS) is 11.6. The Morgan fingerprint density at radius 2 is 1.83 bits per heavy atom. The maximum absolute atomic E-state index is 13.2. The number of aliphatic hydroxyl groups is 1. The SMILES string of the molecule is Cc1cc(NC(=O)C(=O)NCCC(O)c2ccccc2)ccc1F. The molecule has 0 spiro atoms. The van der Waals surface area contributed by atoms with Gasteiger partial charge in [-0.3, -0.25) is 9.59 Å². The monoisotopic (exact) mass is 330 g/mol. The fraction of sp³-hybridized carbons (Fsp3) is 0.222. The van der Waals surface area contributed by atoms with Crippen LogP contribution in [0, 0.1) is 12.7 Å². The Hall–Kier alpha value is -2.73. The van der Waals surface area contributed by atoms with Crippen LogP contribution in [0.3, 0.4) is 0 Å². The minimum absolute atomic E-state index is 0.157. The largest absolute Gasteiger partial charge is 0.388 e. The van der Waals surface area contributed by atoms with E-state index >= 15 is 0 Å².